The van der Waals surface area contributed by atoms with Gasteiger partial charge in [0.25, 0.3) is 0 Å². The summed E-state index contributed by atoms with van der Waals surface area (Å²) in [5.41, 5.74) is 4.73. The van der Waals surface area contributed by atoms with Gasteiger partial charge in [-0.25, -0.2) is 4.79 Å². The summed E-state index contributed by atoms with van der Waals surface area (Å²) < 4.78 is 10.8. The van der Waals surface area contributed by atoms with E-state index in [1.165, 1.54) is 7.11 Å². The molecule has 0 radical (unpaired) electrons. The molecule has 234 valence electrons. The number of carbonyl (C=O) groups is 3. The molecule has 0 bridgehead atoms. The van der Waals surface area contributed by atoms with Crippen molar-refractivity contribution in [3.05, 3.63) is 102 Å². The second-order valence-electron chi connectivity index (χ2n) is 12.0. The number of carbonyl (C=O) groups excluding carboxylic acids is 3. The molecule has 44 heavy (non-hydrogen) atoms. The van der Waals surface area contributed by atoms with Crippen LogP contribution in [0.5, 0.6) is 0 Å². The molecule has 0 spiro atoms. The third-order valence-corrected chi connectivity index (χ3v) is 7.59. The lowest BCUT2D eigenvalue weighted by molar-refractivity contribution is -0.161. The molecule has 0 saturated heterocycles. The first-order valence-corrected chi connectivity index (χ1v) is 15.1. The van der Waals surface area contributed by atoms with E-state index in [4.69, 9.17) is 9.47 Å². The number of hydrogen-bond donors (Lipinski definition) is 2. The van der Waals surface area contributed by atoms with Gasteiger partial charge in [0.1, 0.15) is 6.04 Å². The summed E-state index contributed by atoms with van der Waals surface area (Å²) in [7, 11) is 1.27. The van der Waals surface area contributed by atoms with E-state index in [0.717, 1.165) is 27.8 Å². The number of amides is 2. The topological polar surface area (TPSA) is 93.7 Å². The number of aryl methyl sites for hydroxylation is 1. The van der Waals surface area contributed by atoms with Crippen molar-refractivity contribution in [3.8, 4) is 11.1 Å². The fraction of sp³-hybridized carbons (Fsp3) is 0.378. The second-order valence-corrected chi connectivity index (χ2v) is 12.0. The highest BCUT2D eigenvalue weighted by Gasteiger charge is 2.39. The number of hydrogen-bond acceptors (Lipinski definition) is 5. The molecule has 7 nitrogen and oxygen atoms in total. The minimum Gasteiger partial charge on any atom is -0.467 e. The third kappa shape index (κ3) is 9.38. The van der Waals surface area contributed by atoms with Gasteiger partial charge in [0.2, 0.25) is 11.8 Å². The first-order chi connectivity index (χ1) is 21.0. The van der Waals surface area contributed by atoms with E-state index in [0.29, 0.717) is 0 Å². The number of esters is 1. The predicted octanol–water partition coefficient (Wildman–Crippen LogP) is 6.67. The summed E-state index contributed by atoms with van der Waals surface area (Å²) in [6.45, 7) is 11.6. The molecule has 0 saturated carbocycles. The molecule has 3 aromatic carbocycles. The molecule has 0 aliphatic heterocycles. The van der Waals surface area contributed by atoms with Gasteiger partial charge in [0.15, 0.2) is 6.10 Å². The van der Waals surface area contributed by atoms with Gasteiger partial charge in [-0.2, -0.15) is 0 Å². The van der Waals surface area contributed by atoms with Gasteiger partial charge >= 0.3 is 5.97 Å². The highest BCUT2D eigenvalue weighted by atomic mass is 16.6. The molecule has 0 aliphatic carbocycles. The van der Waals surface area contributed by atoms with E-state index in [9.17, 15) is 14.4 Å². The molecule has 2 amide bonds. The maximum absolute atomic E-state index is 13.9. The van der Waals surface area contributed by atoms with Gasteiger partial charge in [0.05, 0.1) is 19.1 Å². The van der Waals surface area contributed by atoms with Gasteiger partial charge < -0.3 is 20.1 Å². The van der Waals surface area contributed by atoms with E-state index in [-0.39, 0.29) is 25.0 Å². The van der Waals surface area contributed by atoms with E-state index < -0.39 is 35.4 Å². The van der Waals surface area contributed by atoms with Crippen molar-refractivity contribution in [2.45, 2.75) is 66.2 Å². The van der Waals surface area contributed by atoms with Crippen LogP contribution in [-0.4, -0.2) is 43.6 Å². The first kappa shape index (κ1) is 34.3. The minimum absolute atomic E-state index is 0.198. The summed E-state index contributed by atoms with van der Waals surface area (Å²) in [5.74, 6) is -2.33. The maximum atomic E-state index is 13.9. The van der Waals surface area contributed by atoms with Crippen molar-refractivity contribution in [1.82, 2.24) is 10.6 Å². The van der Waals surface area contributed by atoms with Crippen LogP contribution in [0.3, 0.4) is 0 Å². The Bertz CT molecular complexity index is 1410. The van der Waals surface area contributed by atoms with Crippen LogP contribution in [-0.2, 0) is 23.9 Å². The SMILES string of the molecule is CCO[C@H](C(=O)OC)[C@@H](CC=Cc1ccc(-c2ccccc2)c(C)c1)C(=O)N[C@H](C(=O)N[C@H](C)c1ccccc1)C(C)(C)C. The Kier molecular flexibility index (Phi) is 12.5. The van der Waals surface area contributed by atoms with Crippen LogP contribution in [0.15, 0.2) is 84.9 Å². The van der Waals surface area contributed by atoms with Gasteiger partial charge in [-0.15, -0.1) is 0 Å². The highest BCUT2D eigenvalue weighted by Crippen LogP contribution is 2.26. The molecule has 0 fully saturated rings. The van der Waals surface area contributed by atoms with Crippen LogP contribution in [0.25, 0.3) is 17.2 Å². The number of rotatable bonds is 13. The van der Waals surface area contributed by atoms with Crippen molar-refractivity contribution >= 4 is 23.9 Å². The lowest BCUT2D eigenvalue weighted by Crippen LogP contribution is -2.56. The van der Waals surface area contributed by atoms with Gasteiger partial charge in [-0.1, -0.05) is 112 Å². The maximum Gasteiger partial charge on any atom is 0.335 e. The molecule has 0 aliphatic rings. The van der Waals surface area contributed by atoms with Gasteiger partial charge in [0, 0.05) is 6.61 Å². The van der Waals surface area contributed by atoms with Gasteiger partial charge in [-0.3, -0.25) is 9.59 Å². The molecule has 2 N–H and O–H groups in total. The summed E-state index contributed by atoms with van der Waals surface area (Å²) in [5, 5.41) is 5.97. The van der Waals surface area contributed by atoms with Crippen LogP contribution < -0.4 is 10.6 Å². The number of benzene rings is 3. The fourth-order valence-corrected chi connectivity index (χ4v) is 5.14. The molecule has 4 atom stereocenters. The van der Waals surface area contributed by atoms with Crippen molar-refractivity contribution in [3.63, 3.8) is 0 Å². The molecule has 3 rings (SSSR count). The number of methoxy groups -OCH3 is 1. The summed E-state index contributed by atoms with van der Waals surface area (Å²) in [6, 6.07) is 24.9. The Balaban J connectivity index is 1.83. The summed E-state index contributed by atoms with van der Waals surface area (Å²) >= 11 is 0. The quantitative estimate of drug-likeness (QED) is 0.215. The monoisotopic (exact) mass is 598 g/mol. The van der Waals surface area contributed by atoms with Crippen molar-refractivity contribution in [2.24, 2.45) is 11.3 Å². The fourth-order valence-electron chi connectivity index (χ4n) is 5.14. The zero-order chi connectivity index (χ0) is 32.3. The third-order valence-electron chi connectivity index (χ3n) is 7.59. The molecule has 0 heterocycles. The second kappa shape index (κ2) is 16.0. The standard InChI is InChI=1S/C37H46N2O5/c1-8-44-32(36(42)43-7)31(21-15-16-27-22-23-30(25(2)24-27)29-19-13-10-14-20-29)34(40)39-33(37(4,5)6)35(41)38-26(3)28-17-11-9-12-18-28/h9-20,22-24,26,31-33H,8,21H2,1-7H3,(H,38,41)(H,39,40)/t26-,31-,32+,33-/m1/s1. The molecule has 0 unspecified atom stereocenters. The lowest BCUT2D eigenvalue weighted by atomic mass is 9.85. The number of nitrogens with one attached hydrogen (secondary N) is 2. The zero-order valence-corrected chi connectivity index (χ0v) is 26.9. The first-order valence-electron chi connectivity index (χ1n) is 15.1. The average Bonchev–Trinajstić information content (AvgIpc) is 3.00. The number of ether oxygens (including phenoxy) is 2. The molecule has 0 aromatic heterocycles. The number of allylic oxidation sites excluding steroid dienone is 1. The Labute approximate surface area is 262 Å². The van der Waals surface area contributed by atoms with E-state index >= 15 is 0 Å². The molecule has 7 heteroatoms. The summed E-state index contributed by atoms with van der Waals surface area (Å²) in [4.78, 5) is 40.2. The van der Waals surface area contributed by atoms with Crippen LogP contribution >= 0.6 is 0 Å². The van der Waals surface area contributed by atoms with Crippen LogP contribution in [0.2, 0.25) is 0 Å². The molecular weight excluding hydrogens is 552 g/mol. The van der Waals surface area contributed by atoms with Crippen molar-refractivity contribution in [2.75, 3.05) is 13.7 Å². The molecular formula is C37H46N2O5. The Morgan fingerprint density at radius 2 is 1.52 bits per heavy atom. The van der Waals surface area contributed by atoms with E-state index in [1.54, 1.807) is 6.92 Å². The lowest BCUT2D eigenvalue weighted by Gasteiger charge is -2.33. The summed E-state index contributed by atoms with van der Waals surface area (Å²) in [6.07, 6.45) is 2.85. The predicted molar refractivity (Wildman–Crippen MR) is 176 cm³/mol. The zero-order valence-electron chi connectivity index (χ0n) is 26.9. The van der Waals surface area contributed by atoms with E-state index in [2.05, 4.69) is 41.8 Å². The van der Waals surface area contributed by atoms with Crippen LogP contribution in [0, 0.1) is 18.3 Å². The van der Waals surface area contributed by atoms with Crippen molar-refractivity contribution < 1.29 is 23.9 Å². The Morgan fingerprint density at radius 1 is 0.886 bits per heavy atom. The van der Waals surface area contributed by atoms with Crippen LogP contribution in [0.4, 0.5) is 0 Å². The van der Waals surface area contributed by atoms with Crippen molar-refractivity contribution in [1.29, 1.82) is 0 Å². The average molecular weight is 599 g/mol. The normalized spacial score (nSPS) is 14.3. The van der Waals surface area contributed by atoms with Crippen LogP contribution in [0.1, 0.15) is 63.8 Å². The Morgan fingerprint density at radius 3 is 2.09 bits per heavy atom. The Hall–Kier alpha value is -4.23. The van der Waals surface area contributed by atoms with Gasteiger partial charge in [-0.05, 0) is 60.4 Å². The smallest absolute Gasteiger partial charge is 0.335 e. The highest BCUT2D eigenvalue weighted by molar-refractivity contribution is 5.92. The van der Waals surface area contributed by atoms with E-state index in [1.807, 2.05) is 94.4 Å². The largest absolute Gasteiger partial charge is 0.467 e. The molecule has 3 aromatic rings. The minimum atomic E-state index is -1.14.